The lowest BCUT2D eigenvalue weighted by molar-refractivity contribution is 1.29. The van der Waals surface area contributed by atoms with Gasteiger partial charge in [-0.3, -0.25) is 0 Å². The van der Waals surface area contributed by atoms with Crippen LogP contribution in [0.5, 0.6) is 0 Å². The number of hydrogen-bond donors (Lipinski definition) is 2. The van der Waals surface area contributed by atoms with Gasteiger partial charge in [-0.15, -0.1) is 0 Å². The molecule has 0 saturated carbocycles. The lowest BCUT2D eigenvalue weighted by Crippen LogP contribution is -1.74. The van der Waals surface area contributed by atoms with Crippen LogP contribution in [0.25, 0.3) is 34.0 Å². The van der Waals surface area contributed by atoms with Gasteiger partial charge in [0, 0.05) is 39.3 Å². The molecular formula is C19H16N2. The molecular weight excluding hydrogens is 256 g/mol. The van der Waals surface area contributed by atoms with Gasteiger partial charge in [0.25, 0.3) is 0 Å². The highest BCUT2D eigenvalue weighted by Gasteiger charge is 2.05. The fourth-order valence-corrected chi connectivity index (χ4v) is 2.92. The number of aromatic nitrogens is 2. The van der Waals surface area contributed by atoms with E-state index in [0.29, 0.717) is 0 Å². The molecule has 4 rings (SSSR count). The third-order valence-electron chi connectivity index (χ3n) is 3.99. The minimum absolute atomic E-state index is 1.17. The Balaban J connectivity index is 1.82. The number of para-hydroxylation sites is 2. The average molecular weight is 272 g/mol. The van der Waals surface area contributed by atoms with Gasteiger partial charge in [0.2, 0.25) is 0 Å². The quantitative estimate of drug-likeness (QED) is 0.507. The fraction of sp³-hybridized carbons (Fsp3) is 0.0526. The van der Waals surface area contributed by atoms with Crippen molar-refractivity contribution in [1.82, 2.24) is 9.97 Å². The maximum absolute atomic E-state index is 3.44. The molecule has 0 unspecified atom stereocenters. The smallest absolute Gasteiger partial charge is 0.0462 e. The minimum atomic E-state index is 1.17. The van der Waals surface area contributed by atoms with Gasteiger partial charge in [0.1, 0.15) is 0 Å². The van der Waals surface area contributed by atoms with Gasteiger partial charge in [-0.1, -0.05) is 48.6 Å². The summed E-state index contributed by atoms with van der Waals surface area (Å²) in [6.07, 6.45) is 6.44. The zero-order chi connectivity index (χ0) is 14.2. The Labute approximate surface area is 123 Å². The summed E-state index contributed by atoms with van der Waals surface area (Å²) in [6.45, 7) is 2.12. The summed E-state index contributed by atoms with van der Waals surface area (Å²) >= 11 is 0. The van der Waals surface area contributed by atoms with Crippen LogP contribution < -0.4 is 0 Å². The van der Waals surface area contributed by atoms with Gasteiger partial charge in [-0.2, -0.15) is 0 Å². The van der Waals surface area contributed by atoms with Crippen molar-refractivity contribution < 1.29 is 0 Å². The molecule has 2 heteroatoms. The summed E-state index contributed by atoms with van der Waals surface area (Å²) in [5.74, 6) is 0. The average Bonchev–Trinajstić information content (AvgIpc) is 3.06. The molecule has 2 nitrogen and oxygen atoms in total. The van der Waals surface area contributed by atoms with Crippen LogP contribution in [0, 0.1) is 6.92 Å². The van der Waals surface area contributed by atoms with Crippen molar-refractivity contribution in [3.05, 3.63) is 71.5 Å². The highest BCUT2D eigenvalue weighted by atomic mass is 14.7. The molecule has 0 saturated heterocycles. The Morgan fingerprint density at radius 1 is 0.810 bits per heavy atom. The van der Waals surface area contributed by atoms with E-state index in [9.17, 15) is 0 Å². The SMILES string of the molecule is Cc1[nH]c2ccccc2c1C=Cc1c[nH]c2ccccc12. The summed E-state index contributed by atoms with van der Waals surface area (Å²) < 4.78 is 0. The Bertz CT molecular complexity index is 954. The molecule has 102 valence electrons. The molecule has 0 fully saturated rings. The lowest BCUT2D eigenvalue weighted by atomic mass is 10.1. The van der Waals surface area contributed by atoms with Gasteiger partial charge in [-0.25, -0.2) is 0 Å². The Morgan fingerprint density at radius 2 is 1.52 bits per heavy atom. The Kier molecular flexibility index (Phi) is 2.68. The highest BCUT2D eigenvalue weighted by Crippen LogP contribution is 2.25. The summed E-state index contributed by atoms with van der Waals surface area (Å²) in [5.41, 5.74) is 6.04. The van der Waals surface area contributed by atoms with Gasteiger partial charge in [0.15, 0.2) is 0 Å². The number of nitrogens with one attached hydrogen (secondary N) is 2. The van der Waals surface area contributed by atoms with E-state index < -0.39 is 0 Å². The molecule has 0 bridgehead atoms. The lowest BCUT2D eigenvalue weighted by Gasteiger charge is -1.94. The van der Waals surface area contributed by atoms with Crippen LogP contribution in [0.2, 0.25) is 0 Å². The highest BCUT2D eigenvalue weighted by molar-refractivity contribution is 5.96. The zero-order valence-corrected chi connectivity index (χ0v) is 11.9. The van der Waals surface area contributed by atoms with Gasteiger partial charge < -0.3 is 9.97 Å². The predicted molar refractivity (Wildman–Crippen MR) is 90.3 cm³/mol. The Hall–Kier alpha value is -2.74. The van der Waals surface area contributed by atoms with E-state index in [-0.39, 0.29) is 0 Å². The number of benzene rings is 2. The first kappa shape index (κ1) is 12.0. The van der Waals surface area contributed by atoms with E-state index in [2.05, 4.69) is 83.8 Å². The molecule has 0 spiro atoms. The van der Waals surface area contributed by atoms with Crippen LogP contribution in [-0.4, -0.2) is 9.97 Å². The van der Waals surface area contributed by atoms with Crippen LogP contribution in [0.3, 0.4) is 0 Å². The van der Waals surface area contributed by atoms with Crippen LogP contribution in [0.4, 0.5) is 0 Å². The number of H-pyrrole nitrogens is 2. The molecule has 0 amide bonds. The molecule has 2 N–H and O–H groups in total. The van der Waals surface area contributed by atoms with Crippen molar-refractivity contribution in [2.75, 3.05) is 0 Å². The molecule has 2 aromatic carbocycles. The first-order valence-corrected chi connectivity index (χ1v) is 7.14. The number of hydrogen-bond acceptors (Lipinski definition) is 0. The fourth-order valence-electron chi connectivity index (χ4n) is 2.92. The zero-order valence-electron chi connectivity index (χ0n) is 11.9. The topological polar surface area (TPSA) is 31.6 Å². The molecule has 2 heterocycles. The largest absolute Gasteiger partial charge is 0.361 e. The molecule has 4 aromatic rings. The first-order valence-electron chi connectivity index (χ1n) is 7.14. The van der Waals surface area contributed by atoms with Crippen molar-refractivity contribution >= 4 is 34.0 Å². The van der Waals surface area contributed by atoms with E-state index in [4.69, 9.17) is 0 Å². The minimum Gasteiger partial charge on any atom is -0.361 e. The summed E-state index contributed by atoms with van der Waals surface area (Å²) in [5, 5.41) is 2.53. The Morgan fingerprint density at radius 3 is 2.38 bits per heavy atom. The number of fused-ring (bicyclic) bond motifs is 2. The van der Waals surface area contributed by atoms with E-state index in [1.54, 1.807) is 0 Å². The van der Waals surface area contributed by atoms with Crippen molar-refractivity contribution in [2.45, 2.75) is 6.92 Å². The van der Waals surface area contributed by atoms with Crippen LogP contribution in [0.15, 0.2) is 54.7 Å². The predicted octanol–water partition coefficient (Wildman–Crippen LogP) is 5.13. The molecule has 21 heavy (non-hydrogen) atoms. The van der Waals surface area contributed by atoms with Gasteiger partial charge in [-0.05, 0) is 24.6 Å². The van der Waals surface area contributed by atoms with Crippen LogP contribution in [0.1, 0.15) is 16.8 Å². The van der Waals surface area contributed by atoms with Crippen molar-refractivity contribution in [3.8, 4) is 0 Å². The third kappa shape index (κ3) is 1.96. The van der Waals surface area contributed by atoms with Gasteiger partial charge >= 0.3 is 0 Å². The summed E-state index contributed by atoms with van der Waals surface area (Å²) in [6, 6.07) is 16.8. The molecule has 0 atom stereocenters. The van der Waals surface area contributed by atoms with Crippen molar-refractivity contribution in [2.24, 2.45) is 0 Å². The second-order valence-electron chi connectivity index (χ2n) is 5.33. The van der Waals surface area contributed by atoms with E-state index in [0.717, 1.165) is 0 Å². The third-order valence-corrected chi connectivity index (χ3v) is 3.99. The second kappa shape index (κ2) is 4.67. The second-order valence-corrected chi connectivity index (χ2v) is 5.33. The maximum Gasteiger partial charge on any atom is 0.0462 e. The van der Waals surface area contributed by atoms with E-state index in [1.165, 1.54) is 38.6 Å². The molecule has 2 aromatic heterocycles. The number of aromatic amines is 2. The van der Waals surface area contributed by atoms with Crippen molar-refractivity contribution in [1.29, 1.82) is 0 Å². The van der Waals surface area contributed by atoms with Crippen molar-refractivity contribution in [3.63, 3.8) is 0 Å². The van der Waals surface area contributed by atoms with E-state index in [1.807, 2.05) is 0 Å². The van der Waals surface area contributed by atoms with Crippen LogP contribution in [-0.2, 0) is 0 Å². The number of aryl methyl sites for hydroxylation is 1. The molecule has 0 aliphatic rings. The molecule has 0 radical (unpaired) electrons. The first-order chi connectivity index (χ1) is 10.3. The molecule has 0 aliphatic heterocycles. The summed E-state index contributed by atoms with van der Waals surface area (Å²) in [7, 11) is 0. The maximum atomic E-state index is 3.44. The van der Waals surface area contributed by atoms with E-state index >= 15 is 0 Å². The standard InChI is InChI=1S/C19H16N2/c1-13-15(17-7-3-5-9-19(17)21-13)11-10-14-12-20-18-8-4-2-6-16(14)18/h2-12,20-21H,1H3. The normalized spacial score (nSPS) is 11.9. The monoisotopic (exact) mass is 272 g/mol. The number of rotatable bonds is 2. The van der Waals surface area contributed by atoms with Crippen LogP contribution >= 0.6 is 0 Å². The van der Waals surface area contributed by atoms with Gasteiger partial charge in [0.05, 0.1) is 0 Å². The summed E-state index contributed by atoms with van der Waals surface area (Å²) in [4.78, 5) is 6.75. The molecule has 0 aliphatic carbocycles.